The van der Waals surface area contributed by atoms with E-state index in [1.165, 1.54) is 6.42 Å². The van der Waals surface area contributed by atoms with Crippen LogP contribution in [-0.4, -0.2) is 24.7 Å². The smallest absolute Gasteiger partial charge is 0.187 e. The quantitative estimate of drug-likeness (QED) is 0.501. The van der Waals surface area contributed by atoms with Gasteiger partial charge >= 0.3 is 0 Å². The molecule has 2 rings (SSSR count). The fourth-order valence-electron chi connectivity index (χ4n) is 3.04. The second-order valence-electron chi connectivity index (χ2n) is 5.80. The van der Waals surface area contributed by atoms with Crippen LogP contribution in [0.3, 0.4) is 0 Å². The molecule has 0 unspecified atom stereocenters. The Balaban J connectivity index is 2.55. The average molecular weight is 427 g/mol. The topological polar surface area (TPSA) is 20.2 Å². The van der Waals surface area contributed by atoms with Gasteiger partial charge in [-0.1, -0.05) is 82.1 Å². The van der Waals surface area contributed by atoms with E-state index in [1.54, 1.807) is 0 Å². The molecule has 1 nitrogen and oxygen atoms in total. The Labute approximate surface area is 161 Å². The minimum atomic E-state index is -1.84. The highest BCUT2D eigenvalue weighted by Crippen LogP contribution is 2.61. The lowest BCUT2D eigenvalue weighted by atomic mass is 9.92. The summed E-state index contributed by atoms with van der Waals surface area (Å²) in [5.41, 5.74) is 2.43. The van der Waals surface area contributed by atoms with E-state index in [0.717, 1.165) is 36.8 Å². The van der Waals surface area contributed by atoms with E-state index in [2.05, 4.69) is 6.08 Å². The third-order valence-electron chi connectivity index (χ3n) is 4.37. The zero-order valence-electron chi connectivity index (χ0n) is 11.9. The molecule has 1 N–H and O–H groups in total. The second-order valence-corrected chi connectivity index (χ2v) is 9.94. The van der Waals surface area contributed by atoms with E-state index in [9.17, 15) is 5.11 Å². The van der Waals surface area contributed by atoms with Gasteiger partial charge in [0.15, 0.2) is 13.0 Å². The van der Waals surface area contributed by atoms with Crippen molar-refractivity contribution in [2.45, 2.75) is 57.9 Å². The molecule has 0 radical (unpaired) electrons. The maximum atomic E-state index is 9.87. The summed E-state index contributed by atoms with van der Waals surface area (Å²) in [6.07, 6.45) is 8.34. The molecular weight excluding hydrogens is 409 g/mol. The van der Waals surface area contributed by atoms with Crippen molar-refractivity contribution in [3.05, 3.63) is 22.8 Å². The molecule has 0 aliphatic heterocycles. The first-order valence-corrected chi connectivity index (χ1v) is 9.58. The van der Waals surface area contributed by atoms with E-state index in [1.807, 2.05) is 0 Å². The van der Waals surface area contributed by atoms with Crippen LogP contribution in [0, 0.1) is 0 Å². The van der Waals surface area contributed by atoms with Crippen molar-refractivity contribution in [2.24, 2.45) is 0 Å². The van der Waals surface area contributed by atoms with Crippen LogP contribution in [0.1, 0.15) is 44.9 Å². The summed E-state index contributed by atoms with van der Waals surface area (Å²) in [5, 5.41) is 9.87. The molecule has 0 aromatic rings. The normalized spacial score (nSPS) is 27.9. The van der Waals surface area contributed by atoms with Crippen LogP contribution in [0.2, 0.25) is 0 Å². The van der Waals surface area contributed by atoms with Gasteiger partial charge in [0.05, 0.1) is 6.61 Å². The Kier molecular flexibility index (Phi) is 6.38. The van der Waals surface area contributed by atoms with E-state index in [4.69, 9.17) is 69.6 Å². The largest absolute Gasteiger partial charge is 0.392 e. The molecule has 7 heteroatoms. The van der Waals surface area contributed by atoms with Crippen LogP contribution in [0.25, 0.3) is 0 Å². The van der Waals surface area contributed by atoms with E-state index in [0.29, 0.717) is 18.4 Å². The van der Waals surface area contributed by atoms with E-state index < -0.39 is 13.0 Å². The van der Waals surface area contributed by atoms with Crippen LogP contribution in [0.5, 0.6) is 0 Å². The highest BCUT2D eigenvalue weighted by molar-refractivity contribution is 6.70. The Morgan fingerprint density at radius 1 is 0.955 bits per heavy atom. The van der Waals surface area contributed by atoms with Gasteiger partial charge in [-0.3, -0.25) is 0 Å². The average Bonchev–Trinajstić information content (AvgIpc) is 2.72. The number of alkyl halides is 6. The van der Waals surface area contributed by atoms with E-state index >= 15 is 0 Å². The Bertz CT molecular complexity index is 492. The zero-order chi connectivity index (χ0) is 16.6. The maximum Gasteiger partial charge on any atom is 0.187 e. The molecule has 126 valence electrons. The summed E-state index contributed by atoms with van der Waals surface area (Å²) < 4.78 is -5.13. The number of allylic oxidation sites excluding steroid dienone is 3. The van der Waals surface area contributed by atoms with Crippen LogP contribution < -0.4 is 0 Å². The molecular formula is C15H18Cl6O. The van der Waals surface area contributed by atoms with Crippen molar-refractivity contribution in [3.8, 4) is 0 Å². The van der Waals surface area contributed by atoms with Gasteiger partial charge in [-0.25, -0.2) is 0 Å². The predicted octanol–water partition coefficient (Wildman–Crippen LogP) is 6.48. The molecule has 0 spiro atoms. The molecule has 22 heavy (non-hydrogen) atoms. The highest BCUT2D eigenvalue weighted by Gasteiger charge is 2.63. The van der Waals surface area contributed by atoms with Crippen LogP contribution in [0.15, 0.2) is 22.8 Å². The molecule has 0 amide bonds. The lowest BCUT2D eigenvalue weighted by Gasteiger charge is -2.40. The van der Waals surface area contributed by atoms with Gasteiger partial charge in [0.2, 0.25) is 0 Å². The number of aliphatic hydroxyl groups excluding tert-OH is 1. The maximum absolute atomic E-state index is 9.87. The van der Waals surface area contributed by atoms with Crippen molar-refractivity contribution < 1.29 is 5.11 Å². The highest BCUT2D eigenvalue weighted by atomic mass is 35.5. The molecule has 0 fully saturated rings. The SMILES string of the molecule is OCC1=C(C2=CCCCCC2)CCC(Cl)(Cl)C(Cl)(Cl)C1(Cl)Cl. The molecule has 0 aromatic carbocycles. The third-order valence-corrected chi connectivity index (χ3v) is 8.33. The third kappa shape index (κ3) is 3.43. The monoisotopic (exact) mass is 424 g/mol. The van der Waals surface area contributed by atoms with Crippen molar-refractivity contribution >= 4 is 69.6 Å². The van der Waals surface area contributed by atoms with Gasteiger partial charge in [0.1, 0.15) is 0 Å². The van der Waals surface area contributed by atoms with E-state index in [-0.39, 0.29) is 6.61 Å². The first-order valence-electron chi connectivity index (χ1n) is 7.31. The number of halogens is 6. The van der Waals surface area contributed by atoms with Crippen LogP contribution >= 0.6 is 69.6 Å². The molecule has 0 bridgehead atoms. The summed E-state index contributed by atoms with van der Waals surface area (Å²) in [7, 11) is 0. The Morgan fingerprint density at radius 2 is 1.64 bits per heavy atom. The predicted molar refractivity (Wildman–Crippen MR) is 97.8 cm³/mol. The lowest BCUT2D eigenvalue weighted by Crippen LogP contribution is -2.50. The first-order chi connectivity index (χ1) is 10.1. The number of rotatable bonds is 2. The molecule has 0 atom stereocenters. The minimum absolute atomic E-state index is 0.306. The van der Waals surface area contributed by atoms with Gasteiger partial charge in [0.25, 0.3) is 0 Å². The van der Waals surface area contributed by atoms with Gasteiger partial charge in [-0.05, 0) is 55.2 Å². The zero-order valence-corrected chi connectivity index (χ0v) is 16.5. The van der Waals surface area contributed by atoms with Crippen molar-refractivity contribution in [1.29, 1.82) is 0 Å². The van der Waals surface area contributed by atoms with Gasteiger partial charge in [0, 0.05) is 0 Å². The van der Waals surface area contributed by atoms with Gasteiger partial charge < -0.3 is 5.11 Å². The number of aliphatic hydroxyl groups is 1. The number of hydrogen-bond acceptors (Lipinski definition) is 1. The van der Waals surface area contributed by atoms with Gasteiger partial charge in [-0.2, -0.15) is 0 Å². The summed E-state index contributed by atoms with van der Waals surface area (Å²) >= 11 is 38.2. The van der Waals surface area contributed by atoms with Gasteiger partial charge in [-0.15, -0.1) is 0 Å². The van der Waals surface area contributed by atoms with Crippen LogP contribution in [-0.2, 0) is 0 Å². The minimum Gasteiger partial charge on any atom is -0.392 e. The summed E-state index contributed by atoms with van der Waals surface area (Å²) in [6.45, 7) is -0.343. The molecule has 2 aliphatic rings. The Hall–Kier alpha value is 1.18. The Morgan fingerprint density at radius 3 is 2.27 bits per heavy atom. The lowest BCUT2D eigenvalue weighted by molar-refractivity contribution is 0.321. The first kappa shape index (κ1) is 19.5. The fraction of sp³-hybridized carbons (Fsp3) is 0.733. The van der Waals surface area contributed by atoms with Crippen molar-refractivity contribution in [2.75, 3.05) is 6.61 Å². The molecule has 0 saturated heterocycles. The summed E-state index contributed by atoms with van der Waals surface area (Å²) in [6, 6.07) is 0. The molecule has 2 aliphatic carbocycles. The standard InChI is InChI=1S/C15H18Cl6O/c16-13(17)8-7-11(10-5-3-1-2-4-6-10)12(9-22)14(18,19)15(13,20)21/h5,22H,1-4,6-9H2. The number of hydrogen-bond donors (Lipinski definition) is 1. The summed E-state index contributed by atoms with van der Waals surface area (Å²) in [4.78, 5) is 0. The molecule has 0 heterocycles. The second kappa shape index (κ2) is 7.20. The van der Waals surface area contributed by atoms with Crippen molar-refractivity contribution in [1.82, 2.24) is 0 Å². The molecule has 0 aromatic heterocycles. The fourth-order valence-corrected chi connectivity index (χ4v) is 4.79. The summed E-state index contributed by atoms with van der Waals surface area (Å²) in [5.74, 6) is 0. The molecule has 0 saturated carbocycles. The van der Waals surface area contributed by atoms with Crippen molar-refractivity contribution in [3.63, 3.8) is 0 Å². The van der Waals surface area contributed by atoms with Crippen LogP contribution in [0.4, 0.5) is 0 Å².